The molecule has 1 rings (SSSR count). The molecule has 102 valence electrons. The lowest BCUT2D eigenvalue weighted by Gasteiger charge is -2.06. The Morgan fingerprint density at radius 3 is 2.33 bits per heavy atom. The van der Waals surface area contributed by atoms with Gasteiger partial charge in [0.15, 0.2) is 0 Å². The van der Waals surface area contributed by atoms with E-state index in [1.54, 1.807) is 0 Å². The van der Waals surface area contributed by atoms with E-state index in [4.69, 9.17) is 4.74 Å². The first-order valence-corrected chi connectivity index (χ1v) is 7.32. The van der Waals surface area contributed by atoms with Crippen LogP contribution in [0.3, 0.4) is 0 Å². The monoisotopic (exact) mass is 249 g/mol. The Balaban J connectivity index is 1.82. The number of para-hydroxylation sites is 1. The third kappa shape index (κ3) is 8.13. The van der Waals surface area contributed by atoms with Crippen LogP contribution in [0, 0.1) is 0 Å². The molecule has 2 nitrogen and oxygen atoms in total. The number of hydrogen-bond donors (Lipinski definition) is 1. The molecule has 1 aromatic carbocycles. The van der Waals surface area contributed by atoms with Crippen molar-refractivity contribution < 1.29 is 4.74 Å². The molecule has 0 aromatic heterocycles. The fourth-order valence-corrected chi connectivity index (χ4v) is 1.86. The second-order valence-electron chi connectivity index (χ2n) is 4.68. The van der Waals surface area contributed by atoms with E-state index in [0.717, 1.165) is 25.3 Å². The molecule has 0 spiro atoms. The minimum absolute atomic E-state index is 0.821. The predicted molar refractivity (Wildman–Crippen MR) is 78.2 cm³/mol. The lowest BCUT2D eigenvalue weighted by Crippen LogP contribution is -2.17. The molecule has 1 N–H and O–H groups in total. The van der Waals surface area contributed by atoms with Crippen LogP contribution in [0.4, 0.5) is 0 Å². The number of hydrogen-bond acceptors (Lipinski definition) is 2. The SMILES string of the molecule is CCCCCCNCCCCOc1ccccc1. The van der Waals surface area contributed by atoms with E-state index < -0.39 is 0 Å². The Hall–Kier alpha value is -1.02. The second-order valence-corrected chi connectivity index (χ2v) is 4.68. The summed E-state index contributed by atoms with van der Waals surface area (Å²) in [5.74, 6) is 0.977. The molecule has 0 unspecified atom stereocenters. The molecule has 0 atom stereocenters. The van der Waals surface area contributed by atoms with Crippen LogP contribution in [-0.4, -0.2) is 19.7 Å². The number of nitrogens with one attached hydrogen (secondary N) is 1. The summed E-state index contributed by atoms with van der Waals surface area (Å²) in [7, 11) is 0. The minimum Gasteiger partial charge on any atom is -0.494 e. The zero-order chi connectivity index (χ0) is 12.9. The van der Waals surface area contributed by atoms with Crippen LogP contribution in [0.25, 0.3) is 0 Å². The number of benzene rings is 1. The standard InChI is InChI=1S/C16H27NO/c1-2-3-4-8-13-17-14-9-10-15-18-16-11-6-5-7-12-16/h5-7,11-12,17H,2-4,8-10,13-15H2,1H3. The highest BCUT2D eigenvalue weighted by atomic mass is 16.5. The first-order chi connectivity index (χ1) is 8.93. The van der Waals surface area contributed by atoms with Gasteiger partial charge in [-0.25, -0.2) is 0 Å². The van der Waals surface area contributed by atoms with Crippen molar-refractivity contribution >= 4 is 0 Å². The fraction of sp³-hybridized carbons (Fsp3) is 0.625. The fourth-order valence-electron chi connectivity index (χ4n) is 1.86. The van der Waals surface area contributed by atoms with Crippen molar-refractivity contribution in [1.82, 2.24) is 5.32 Å². The van der Waals surface area contributed by atoms with Crippen molar-refractivity contribution in [1.29, 1.82) is 0 Å². The molecule has 0 saturated heterocycles. The average molecular weight is 249 g/mol. The van der Waals surface area contributed by atoms with E-state index in [1.165, 1.54) is 38.6 Å². The highest BCUT2D eigenvalue weighted by Crippen LogP contribution is 2.08. The van der Waals surface area contributed by atoms with Crippen LogP contribution in [0.1, 0.15) is 45.4 Å². The summed E-state index contributed by atoms with van der Waals surface area (Å²) in [4.78, 5) is 0. The summed E-state index contributed by atoms with van der Waals surface area (Å²) in [6.07, 6.45) is 7.68. The van der Waals surface area contributed by atoms with E-state index >= 15 is 0 Å². The topological polar surface area (TPSA) is 21.3 Å². The molecule has 0 aliphatic heterocycles. The van der Waals surface area contributed by atoms with Crippen LogP contribution in [0.15, 0.2) is 30.3 Å². The Labute approximate surface area is 112 Å². The molecule has 0 bridgehead atoms. The number of rotatable bonds is 11. The van der Waals surface area contributed by atoms with Gasteiger partial charge in [0.25, 0.3) is 0 Å². The molecule has 18 heavy (non-hydrogen) atoms. The summed E-state index contributed by atoms with van der Waals surface area (Å²) in [5, 5.41) is 3.49. The van der Waals surface area contributed by atoms with Gasteiger partial charge >= 0.3 is 0 Å². The average Bonchev–Trinajstić information content (AvgIpc) is 2.42. The zero-order valence-corrected chi connectivity index (χ0v) is 11.7. The smallest absolute Gasteiger partial charge is 0.119 e. The maximum Gasteiger partial charge on any atom is 0.119 e. The van der Waals surface area contributed by atoms with Gasteiger partial charge in [0.05, 0.1) is 6.61 Å². The van der Waals surface area contributed by atoms with Crippen LogP contribution in [0.5, 0.6) is 5.75 Å². The van der Waals surface area contributed by atoms with E-state index in [2.05, 4.69) is 12.2 Å². The van der Waals surface area contributed by atoms with Gasteiger partial charge in [0, 0.05) is 0 Å². The molecular weight excluding hydrogens is 222 g/mol. The molecule has 0 fully saturated rings. The van der Waals surface area contributed by atoms with Crippen molar-refractivity contribution in [3.05, 3.63) is 30.3 Å². The van der Waals surface area contributed by atoms with Gasteiger partial charge in [-0.05, 0) is 44.5 Å². The first kappa shape index (κ1) is 15.0. The molecule has 2 heteroatoms. The normalized spacial score (nSPS) is 10.5. The van der Waals surface area contributed by atoms with Gasteiger partial charge in [-0.2, -0.15) is 0 Å². The molecule has 0 radical (unpaired) electrons. The third-order valence-electron chi connectivity index (χ3n) is 2.97. The van der Waals surface area contributed by atoms with Crippen molar-refractivity contribution in [2.75, 3.05) is 19.7 Å². The third-order valence-corrected chi connectivity index (χ3v) is 2.97. The van der Waals surface area contributed by atoms with Gasteiger partial charge in [-0.1, -0.05) is 44.4 Å². The first-order valence-electron chi connectivity index (χ1n) is 7.32. The largest absolute Gasteiger partial charge is 0.494 e. The van der Waals surface area contributed by atoms with Crippen LogP contribution in [-0.2, 0) is 0 Å². The van der Waals surface area contributed by atoms with Crippen molar-refractivity contribution in [3.8, 4) is 5.75 Å². The van der Waals surface area contributed by atoms with E-state index in [-0.39, 0.29) is 0 Å². The maximum atomic E-state index is 5.64. The highest BCUT2D eigenvalue weighted by molar-refractivity contribution is 5.20. The van der Waals surface area contributed by atoms with E-state index in [1.807, 2.05) is 30.3 Å². The van der Waals surface area contributed by atoms with E-state index in [0.29, 0.717) is 0 Å². The molecule has 0 saturated carbocycles. The summed E-state index contributed by atoms with van der Waals surface area (Å²) >= 11 is 0. The van der Waals surface area contributed by atoms with Crippen LogP contribution in [0.2, 0.25) is 0 Å². The van der Waals surface area contributed by atoms with Crippen molar-refractivity contribution in [3.63, 3.8) is 0 Å². The van der Waals surface area contributed by atoms with Gasteiger partial charge < -0.3 is 10.1 Å². The Bertz CT molecular complexity index is 274. The minimum atomic E-state index is 0.821. The van der Waals surface area contributed by atoms with Crippen LogP contribution >= 0.6 is 0 Å². The van der Waals surface area contributed by atoms with E-state index in [9.17, 15) is 0 Å². The Morgan fingerprint density at radius 2 is 1.61 bits per heavy atom. The molecular formula is C16H27NO. The molecule has 0 amide bonds. The summed E-state index contributed by atoms with van der Waals surface area (Å²) in [6, 6.07) is 10.0. The van der Waals surface area contributed by atoms with Gasteiger partial charge in [0.1, 0.15) is 5.75 Å². The lowest BCUT2D eigenvalue weighted by atomic mass is 10.2. The zero-order valence-electron chi connectivity index (χ0n) is 11.7. The Kier molecular flexibility index (Phi) is 9.27. The second kappa shape index (κ2) is 11.1. The molecule has 0 aliphatic rings. The van der Waals surface area contributed by atoms with Gasteiger partial charge in [0.2, 0.25) is 0 Å². The summed E-state index contributed by atoms with van der Waals surface area (Å²) in [6.45, 7) is 5.35. The number of unbranched alkanes of at least 4 members (excludes halogenated alkanes) is 4. The predicted octanol–water partition coefficient (Wildman–Crippen LogP) is 4.02. The van der Waals surface area contributed by atoms with Crippen LogP contribution < -0.4 is 10.1 Å². The summed E-state index contributed by atoms with van der Waals surface area (Å²) < 4.78 is 5.64. The Morgan fingerprint density at radius 1 is 0.889 bits per heavy atom. The quantitative estimate of drug-likeness (QED) is 0.598. The number of ether oxygens (including phenoxy) is 1. The van der Waals surface area contributed by atoms with Crippen molar-refractivity contribution in [2.45, 2.75) is 45.4 Å². The molecule has 0 aliphatic carbocycles. The maximum absolute atomic E-state index is 5.64. The van der Waals surface area contributed by atoms with Crippen molar-refractivity contribution in [2.24, 2.45) is 0 Å². The van der Waals surface area contributed by atoms with Gasteiger partial charge in [-0.15, -0.1) is 0 Å². The lowest BCUT2D eigenvalue weighted by molar-refractivity contribution is 0.306. The van der Waals surface area contributed by atoms with Gasteiger partial charge in [-0.3, -0.25) is 0 Å². The highest BCUT2D eigenvalue weighted by Gasteiger charge is 1.93. The summed E-state index contributed by atoms with van der Waals surface area (Å²) in [5.41, 5.74) is 0. The molecule has 1 aromatic rings. The molecule has 0 heterocycles.